The second-order valence-corrected chi connectivity index (χ2v) is 7.98. The molecule has 1 aliphatic rings. The van der Waals surface area contributed by atoms with Crippen LogP contribution in [0.3, 0.4) is 0 Å². The third-order valence-corrected chi connectivity index (χ3v) is 4.59. The summed E-state index contributed by atoms with van der Waals surface area (Å²) >= 11 is 0. The maximum atomic E-state index is 6.09. The molecule has 0 atom stereocenters. The molecule has 0 radical (unpaired) electrons. The highest BCUT2D eigenvalue weighted by atomic mass is 16.5. The third kappa shape index (κ3) is 5.73. The number of guanidine groups is 1. The van der Waals surface area contributed by atoms with Gasteiger partial charge in [-0.2, -0.15) is 0 Å². The van der Waals surface area contributed by atoms with Crippen molar-refractivity contribution in [3.63, 3.8) is 0 Å². The number of piperazine rings is 1. The van der Waals surface area contributed by atoms with Gasteiger partial charge in [0, 0.05) is 57.9 Å². The van der Waals surface area contributed by atoms with Gasteiger partial charge >= 0.3 is 0 Å². The highest BCUT2D eigenvalue weighted by Crippen LogP contribution is 2.23. The molecule has 7 nitrogen and oxygen atoms in total. The van der Waals surface area contributed by atoms with Crippen LogP contribution in [0.1, 0.15) is 32.0 Å². The molecule has 0 unspecified atom stereocenters. The van der Waals surface area contributed by atoms with Crippen LogP contribution in [0.15, 0.2) is 46.1 Å². The maximum absolute atomic E-state index is 6.09. The Bertz CT molecular complexity index is 759. The zero-order chi connectivity index (χ0) is 20.0. The lowest BCUT2D eigenvalue weighted by molar-refractivity contribution is 0.129. The van der Waals surface area contributed by atoms with E-state index in [0.717, 1.165) is 55.7 Å². The van der Waals surface area contributed by atoms with Gasteiger partial charge in [0.15, 0.2) is 5.96 Å². The minimum absolute atomic E-state index is 0.224. The van der Waals surface area contributed by atoms with Crippen LogP contribution < -0.4 is 10.1 Å². The molecule has 1 aromatic heterocycles. The van der Waals surface area contributed by atoms with E-state index < -0.39 is 0 Å². The first-order valence-corrected chi connectivity index (χ1v) is 9.79. The molecule has 2 aromatic rings. The molecule has 0 saturated carbocycles. The van der Waals surface area contributed by atoms with Crippen molar-refractivity contribution in [2.24, 2.45) is 4.99 Å². The summed E-state index contributed by atoms with van der Waals surface area (Å²) in [6.45, 7) is 11.5. The van der Waals surface area contributed by atoms with Gasteiger partial charge in [-0.05, 0) is 26.8 Å². The molecule has 152 valence electrons. The predicted molar refractivity (Wildman–Crippen MR) is 110 cm³/mol. The number of aromatic nitrogens is 1. The highest BCUT2D eigenvalue weighted by Gasteiger charge is 2.21. The standard InChI is InChI=1S/C21H31N5O2/c1-21(2,3)28-19-8-6-5-7-17(19)15-23-20(22-4)26-12-10-25(11-13-26)16-18-9-14-27-24-18/h5-9,14H,10-13,15-16H2,1-4H3,(H,22,23). The highest BCUT2D eigenvalue weighted by molar-refractivity contribution is 5.80. The van der Waals surface area contributed by atoms with E-state index >= 15 is 0 Å². The van der Waals surface area contributed by atoms with E-state index in [9.17, 15) is 0 Å². The van der Waals surface area contributed by atoms with E-state index in [2.05, 4.69) is 52.1 Å². The molecule has 1 N–H and O–H groups in total. The lowest BCUT2D eigenvalue weighted by atomic mass is 10.1. The largest absolute Gasteiger partial charge is 0.488 e. The number of hydrogen-bond donors (Lipinski definition) is 1. The van der Waals surface area contributed by atoms with Crippen LogP contribution in [0.4, 0.5) is 0 Å². The van der Waals surface area contributed by atoms with Crippen molar-refractivity contribution in [1.82, 2.24) is 20.3 Å². The zero-order valence-corrected chi connectivity index (χ0v) is 17.3. The summed E-state index contributed by atoms with van der Waals surface area (Å²) in [6, 6.07) is 10.1. The smallest absolute Gasteiger partial charge is 0.194 e. The fraction of sp³-hybridized carbons (Fsp3) is 0.524. The minimum Gasteiger partial charge on any atom is -0.488 e. The Balaban J connectivity index is 1.53. The van der Waals surface area contributed by atoms with Crippen LogP contribution in [-0.2, 0) is 13.1 Å². The Morgan fingerprint density at radius 2 is 1.93 bits per heavy atom. The summed E-state index contributed by atoms with van der Waals surface area (Å²) < 4.78 is 11.0. The van der Waals surface area contributed by atoms with Gasteiger partial charge in [-0.25, -0.2) is 0 Å². The first kappa shape index (κ1) is 20.2. The monoisotopic (exact) mass is 385 g/mol. The molecule has 28 heavy (non-hydrogen) atoms. The fourth-order valence-corrected chi connectivity index (χ4v) is 3.25. The van der Waals surface area contributed by atoms with Gasteiger partial charge in [-0.1, -0.05) is 23.4 Å². The van der Waals surface area contributed by atoms with Crippen molar-refractivity contribution >= 4 is 5.96 Å². The first-order valence-electron chi connectivity index (χ1n) is 9.79. The van der Waals surface area contributed by atoms with E-state index in [1.807, 2.05) is 31.3 Å². The normalized spacial score (nSPS) is 16.3. The molecule has 0 aliphatic carbocycles. The van der Waals surface area contributed by atoms with Crippen LogP contribution in [0.2, 0.25) is 0 Å². The maximum Gasteiger partial charge on any atom is 0.194 e. The summed E-state index contributed by atoms with van der Waals surface area (Å²) in [5, 5.41) is 7.49. The Hall–Kier alpha value is -2.54. The van der Waals surface area contributed by atoms with Crippen LogP contribution in [0, 0.1) is 0 Å². The molecular formula is C21H31N5O2. The number of rotatable bonds is 5. The number of nitrogens with zero attached hydrogens (tertiary/aromatic N) is 4. The summed E-state index contributed by atoms with van der Waals surface area (Å²) in [4.78, 5) is 9.16. The van der Waals surface area contributed by atoms with E-state index in [1.165, 1.54) is 0 Å². The molecule has 1 saturated heterocycles. The van der Waals surface area contributed by atoms with Crippen molar-refractivity contribution in [3.8, 4) is 5.75 Å². The number of benzene rings is 1. The fourth-order valence-electron chi connectivity index (χ4n) is 3.25. The zero-order valence-electron chi connectivity index (χ0n) is 17.3. The molecule has 3 rings (SSSR count). The lowest BCUT2D eigenvalue weighted by Crippen LogP contribution is -2.52. The summed E-state index contributed by atoms with van der Waals surface area (Å²) in [5.74, 6) is 1.84. The quantitative estimate of drug-likeness (QED) is 0.631. The second-order valence-electron chi connectivity index (χ2n) is 7.98. The van der Waals surface area contributed by atoms with E-state index in [0.29, 0.717) is 6.54 Å². The van der Waals surface area contributed by atoms with Gasteiger partial charge in [0.05, 0.1) is 5.69 Å². The van der Waals surface area contributed by atoms with Crippen molar-refractivity contribution in [3.05, 3.63) is 47.9 Å². The van der Waals surface area contributed by atoms with Gasteiger partial charge in [-0.3, -0.25) is 9.89 Å². The summed E-state index contributed by atoms with van der Waals surface area (Å²) in [5.41, 5.74) is 1.88. The number of hydrogen-bond acceptors (Lipinski definition) is 5. The first-order chi connectivity index (χ1) is 13.4. The Morgan fingerprint density at radius 3 is 2.57 bits per heavy atom. The van der Waals surface area contributed by atoms with Crippen molar-refractivity contribution in [2.75, 3.05) is 33.2 Å². The number of para-hydroxylation sites is 1. The molecular weight excluding hydrogens is 354 g/mol. The van der Waals surface area contributed by atoms with E-state index in [-0.39, 0.29) is 5.60 Å². The van der Waals surface area contributed by atoms with Crippen LogP contribution in [-0.4, -0.2) is 59.7 Å². The molecule has 1 fully saturated rings. The molecule has 1 aromatic carbocycles. The lowest BCUT2D eigenvalue weighted by Gasteiger charge is -2.36. The molecule has 0 spiro atoms. The van der Waals surface area contributed by atoms with Gasteiger partial charge in [0.1, 0.15) is 17.6 Å². The molecule has 7 heteroatoms. The number of ether oxygens (including phenoxy) is 1. The molecule has 2 heterocycles. The molecule has 1 aliphatic heterocycles. The summed E-state index contributed by atoms with van der Waals surface area (Å²) in [6.07, 6.45) is 1.62. The predicted octanol–water partition coefficient (Wildman–Crippen LogP) is 2.75. The van der Waals surface area contributed by atoms with E-state index in [1.54, 1.807) is 6.26 Å². The van der Waals surface area contributed by atoms with E-state index in [4.69, 9.17) is 9.26 Å². The SMILES string of the molecule is CN=C(NCc1ccccc1OC(C)(C)C)N1CCN(Cc2ccon2)CC1. The van der Waals surface area contributed by atoms with Gasteiger partial charge in [0.25, 0.3) is 0 Å². The minimum atomic E-state index is -0.224. The summed E-state index contributed by atoms with van der Waals surface area (Å²) in [7, 11) is 1.83. The Morgan fingerprint density at radius 1 is 1.18 bits per heavy atom. The number of aliphatic imine (C=N–C) groups is 1. The molecule has 0 amide bonds. The van der Waals surface area contributed by atoms with Crippen molar-refractivity contribution in [2.45, 2.75) is 39.5 Å². The van der Waals surface area contributed by atoms with Crippen LogP contribution in [0.25, 0.3) is 0 Å². The number of nitrogens with one attached hydrogen (secondary N) is 1. The van der Waals surface area contributed by atoms with Gasteiger partial charge in [-0.15, -0.1) is 0 Å². The average Bonchev–Trinajstić information content (AvgIpc) is 3.16. The molecule has 0 bridgehead atoms. The average molecular weight is 386 g/mol. The second kappa shape index (κ2) is 9.10. The van der Waals surface area contributed by atoms with Crippen molar-refractivity contribution in [1.29, 1.82) is 0 Å². The third-order valence-electron chi connectivity index (χ3n) is 4.59. The Labute approximate surface area is 167 Å². The Kier molecular flexibility index (Phi) is 6.57. The van der Waals surface area contributed by atoms with Crippen molar-refractivity contribution < 1.29 is 9.26 Å². The topological polar surface area (TPSA) is 66.1 Å². The van der Waals surface area contributed by atoms with Crippen LogP contribution >= 0.6 is 0 Å². The van der Waals surface area contributed by atoms with Gasteiger partial charge < -0.3 is 19.5 Å². The van der Waals surface area contributed by atoms with Gasteiger partial charge in [0.2, 0.25) is 0 Å². The van der Waals surface area contributed by atoms with Crippen LogP contribution in [0.5, 0.6) is 5.75 Å².